The molecule has 4 nitrogen and oxygen atoms in total. The molecule has 0 spiro atoms. The van der Waals surface area contributed by atoms with Crippen molar-refractivity contribution in [2.24, 2.45) is 5.84 Å². The Morgan fingerprint density at radius 1 is 1.37 bits per heavy atom. The minimum absolute atomic E-state index is 0.132. The van der Waals surface area contributed by atoms with Crippen LogP contribution in [0.5, 0.6) is 0 Å². The lowest BCUT2D eigenvalue weighted by Crippen LogP contribution is -2.30. The summed E-state index contributed by atoms with van der Waals surface area (Å²) in [6.45, 7) is 1.86. The van der Waals surface area contributed by atoms with Gasteiger partial charge in [0.2, 0.25) is 0 Å². The Bertz CT molecular complexity index is 571. The van der Waals surface area contributed by atoms with E-state index in [1.807, 2.05) is 19.1 Å². The van der Waals surface area contributed by atoms with Crippen molar-refractivity contribution in [2.75, 3.05) is 5.73 Å². The molecule has 0 bridgehead atoms. The van der Waals surface area contributed by atoms with Gasteiger partial charge in [0.15, 0.2) is 0 Å². The third kappa shape index (κ3) is 3.07. The molecule has 0 aliphatic rings. The van der Waals surface area contributed by atoms with Crippen molar-refractivity contribution in [1.82, 2.24) is 10.4 Å². The van der Waals surface area contributed by atoms with Crippen LogP contribution in [0, 0.1) is 12.7 Å². The van der Waals surface area contributed by atoms with E-state index in [-0.39, 0.29) is 11.9 Å². The molecule has 0 radical (unpaired) electrons. The number of nitrogens with two attached hydrogens (primary N) is 2. The monoisotopic (exact) mass is 260 g/mol. The van der Waals surface area contributed by atoms with Crippen LogP contribution in [0.3, 0.4) is 0 Å². The van der Waals surface area contributed by atoms with Gasteiger partial charge in [-0.25, -0.2) is 9.37 Å². The highest BCUT2D eigenvalue weighted by Gasteiger charge is 2.15. The Labute approximate surface area is 111 Å². The minimum Gasteiger partial charge on any atom is -0.383 e. The van der Waals surface area contributed by atoms with E-state index in [1.54, 1.807) is 12.3 Å². The van der Waals surface area contributed by atoms with E-state index in [1.165, 1.54) is 12.1 Å². The summed E-state index contributed by atoms with van der Waals surface area (Å²) >= 11 is 0. The highest BCUT2D eigenvalue weighted by molar-refractivity contribution is 5.40. The third-order valence-electron chi connectivity index (χ3n) is 3.16. The van der Waals surface area contributed by atoms with Gasteiger partial charge in [0.05, 0.1) is 6.04 Å². The lowest BCUT2D eigenvalue weighted by Gasteiger charge is -2.19. The van der Waals surface area contributed by atoms with E-state index in [0.29, 0.717) is 12.2 Å². The van der Waals surface area contributed by atoms with Crippen LogP contribution in [0.15, 0.2) is 36.5 Å². The molecule has 19 heavy (non-hydrogen) atoms. The molecular formula is C14H17FN4. The van der Waals surface area contributed by atoms with Crippen LogP contribution in [0.25, 0.3) is 0 Å². The number of nitrogen functional groups attached to an aromatic ring is 1. The molecule has 0 fully saturated rings. The SMILES string of the molecule is Cc1cc(F)ccc1C(Cc1cccnc1N)NN. The van der Waals surface area contributed by atoms with Gasteiger partial charge in [-0.2, -0.15) is 0 Å². The van der Waals surface area contributed by atoms with E-state index in [9.17, 15) is 4.39 Å². The Morgan fingerprint density at radius 2 is 2.16 bits per heavy atom. The highest BCUT2D eigenvalue weighted by Crippen LogP contribution is 2.23. The first-order valence-electron chi connectivity index (χ1n) is 6.03. The van der Waals surface area contributed by atoms with Gasteiger partial charge in [-0.05, 0) is 48.2 Å². The van der Waals surface area contributed by atoms with Crippen molar-refractivity contribution in [3.63, 3.8) is 0 Å². The van der Waals surface area contributed by atoms with Gasteiger partial charge in [0, 0.05) is 6.20 Å². The normalized spacial score (nSPS) is 12.4. The molecule has 0 amide bonds. The van der Waals surface area contributed by atoms with Crippen LogP contribution in [0.2, 0.25) is 0 Å². The molecule has 1 heterocycles. The lowest BCUT2D eigenvalue weighted by molar-refractivity contribution is 0.546. The van der Waals surface area contributed by atoms with Crippen LogP contribution in [0.1, 0.15) is 22.7 Å². The van der Waals surface area contributed by atoms with Crippen molar-refractivity contribution in [3.8, 4) is 0 Å². The molecule has 0 saturated carbocycles. The van der Waals surface area contributed by atoms with Crippen LogP contribution in [0.4, 0.5) is 10.2 Å². The van der Waals surface area contributed by atoms with Crippen molar-refractivity contribution < 1.29 is 4.39 Å². The average Bonchev–Trinajstić information content (AvgIpc) is 2.39. The Kier molecular flexibility index (Phi) is 4.09. The number of anilines is 1. The van der Waals surface area contributed by atoms with Crippen molar-refractivity contribution in [2.45, 2.75) is 19.4 Å². The molecule has 1 aromatic heterocycles. The van der Waals surface area contributed by atoms with E-state index in [2.05, 4.69) is 10.4 Å². The number of hydrazine groups is 1. The molecule has 1 aromatic carbocycles. The van der Waals surface area contributed by atoms with E-state index in [4.69, 9.17) is 11.6 Å². The molecule has 0 aliphatic carbocycles. The first-order chi connectivity index (χ1) is 9.11. The van der Waals surface area contributed by atoms with Gasteiger partial charge < -0.3 is 5.73 Å². The summed E-state index contributed by atoms with van der Waals surface area (Å²) < 4.78 is 13.1. The summed E-state index contributed by atoms with van der Waals surface area (Å²) in [5.74, 6) is 5.84. The Morgan fingerprint density at radius 3 is 2.79 bits per heavy atom. The molecule has 2 rings (SSSR count). The average molecular weight is 260 g/mol. The molecular weight excluding hydrogens is 243 g/mol. The van der Waals surface area contributed by atoms with Crippen molar-refractivity contribution in [1.29, 1.82) is 0 Å². The molecule has 5 heteroatoms. The van der Waals surface area contributed by atoms with E-state index >= 15 is 0 Å². The van der Waals surface area contributed by atoms with Crippen molar-refractivity contribution in [3.05, 3.63) is 59.0 Å². The van der Waals surface area contributed by atoms with Crippen LogP contribution in [-0.4, -0.2) is 4.98 Å². The van der Waals surface area contributed by atoms with Gasteiger partial charge in [0.1, 0.15) is 11.6 Å². The van der Waals surface area contributed by atoms with Gasteiger partial charge in [0.25, 0.3) is 0 Å². The van der Waals surface area contributed by atoms with Crippen LogP contribution >= 0.6 is 0 Å². The second-order valence-corrected chi connectivity index (χ2v) is 4.47. The number of nitrogens with one attached hydrogen (secondary N) is 1. The number of aryl methyl sites for hydroxylation is 1. The minimum atomic E-state index is -0.252. The highest BCUT2D eigenvalue weighted by atomic mass is 19.1. The molecule has 5 N–H and O–H groups in total. The standard InChI is InChI=1S/C14H17FN4/c1-9-7-11(15)4-5-12(9)13(19-17)8-10-3-2-6-18-14(10)16/h2-7,13,19H,8,17H2,1H3,(H2,16,18). The van der Waals surface area contributed by atoms with Crippen molar-refractivity contribution >= 4 is 5.82 Å². The predicted octanol–water partition coefficient (Wildman–Crippen LogP) is 1.86. The molecule has 2 aromatic rings. The van der Waals surface area contributed by atoms with Gasteiger partial charge in [-0.15, -0.1) is 0 Å². The molecule has 1 unspecified atom stereocenters. The summed E-state index contributed by atoms with van der Waals surface area (Å²) in [6, 6.07) is 8.27. The predicted molar refractivity (Wildman–Crippen MR) is 73.6 cm³/mol. The fourth-order valence-corrected chi connectivity index (χ4v) is 2.13. The van der Waals surface area contributed by atoms with E-state index in [0.717, 1.165) is 16.7 Å². The number of hydrogen-bond donors (Lipinski definition) is 3. The van der Waals surface area contributed by atoms with Gasteiger partial charge >= 0.3 is 0 Å². The van der Waals surface area contributed by atoms with Gasteiger partial charge in [-0.1, -0.05) is 12.1 Å². The zero-order valence-electron chi connectivity index (χ0n) is 10.7. The zero-order chi connectivity index (χ0) is 13.8. The number of benzene rings is 1. The maximum Gasteiger partial charge on any atom is 0.126 e. The summed E-state index contributed by atoms with van der Waals surface area (Å²) in [6.07, 6.45) is 2.25. The Hall–Kier alpha value is -1.98. The van der Waals surface area contributed by atoms with Crippen LogP contribution in [-0.2, 0) is 6.42 Å². The van der Waals surface area contributed by atoms with E-state index < -0.39 is 0 Å². The summed E-state index contributed by atoms with van der Waals surface area (Å²) in [5, 5.41) is 0. The maximum absolute atomic E-state index is 13.1. The second kappa shape index (κ2) is 5.77. The summed E-state index contributed by atoms with van der Waals surface area (Å²) in [4.78, 5) is 4.05. The second-order valence-electron chi connectivity index (χ2n) is 4.47. The molecule has 100 valence electrons. The largest absolute Gasteiger partial charge is 0.383 e. The Balaban J connectivity index is 2.28. The van der Waals surface area contributed by atoms with Crippen LogP contribution < -0.4 is 17.0 Å². The zero-order valence-corrected chi connectivity index (χ0v) is 10.7. The fraction of sp³-hybridized carbons (Fsp3) is 0.214. The molecule has 0 aliphatic heterocycles. The quantitative estimate of drug-likeness (QED) is 0.579. The number of pyridine rings is 1. The lowest BCUT2D eigenvalue weighted by atomic mass is 9.96. The first kappa shape index (κ1) is 13.5. The van der Waals surface area contributed by atoms with Gasteiger partial charge in [-0.3, -0.25) is 11.3 Å². The number of halogens is 1. The number of hydrogen-bond acceptors (Lipinski definition) is 4. The topological polar surface area (TPSA) is 77.0 Å². The maximum atomic E-state index is 13.1. The molecule has 1 atom stereocenters. The smallest absolute Gasteiger partial charge is 0.126 e. The number of rotatable bonds is 4. The summed E-state index contributed by atoms with van der Waals surface area (Å²) in [5.41, 5.74) is 11.3. The number of nitrogens with zero attached hydrogens (tertiary/aromatic N) is 1. The number of aromatic nitrogens is 1. The molecule has 0 saturated heterocycles. The first-order valence-corrected chi connectivity index (χ1v) is 6.03. The fourth-order valence-electron chi connectivity index (χ4n) is 2.13. The summed E-state index contributed by atoms with van der Waals surface area (Å²) in [7, 11) is 0. The third-order valence-corrected chi connectivity index (χ3v) is 3.16.